The van der Waals surface area contributed by atoms with Crippen LogP contribution in [0.15, 0.2) is 48.8 Å². The second-order valence-electron chi connectivity index (χ2n) is 8.34. The van der Waals surface area contributed by atoms with Crippen LogP contribution in [0, 0.1) is 5.92 Å². The number of imidazole rings is 1. The molecule has 1 aromatic carbocycles. The lowest BCUT2D eigenvalue weighted by Crippen LogP contribution is -2.21. The lowest BCUT2D eigenvalue weighted by Gasteiger charge is -2.26. The van der Waals surface area contributed by atoms with Gasteiger partial charge in [-0.2, -0.15) is 0 Å². The lowest BCUT2D eigenvalue weighted by molar-refractivity contribution is 0.0822. The largest absolute Gasteiger partial charge is 0.344 e. The molecule has 4 rings (SSSR count). The Labute approximate surface area is 172 Å². The molecule has 1 aliphatic rings. The second kappa shape index (κ2) is 8.19. The number of carbonyl (C=O) groups excluding carboxylic acids is 1. The van der Waals surface area contributed by atoms with Gasteiger partial charge in [0.05, 0.1) is 5.69 Å². The third-order valence-electron chi connectivity index (χ3n) is 5.93. The first kappa shape index (κ1) is 19.4. The van der Waals surface area contributed by atoms with Crippen LogP contribution in [0.5, 0.6) is 0 Å². The minimum Gasteiger partial charge on any atom is -0.344 e. The second-order valence-corrected chi connectivity index (χ2v) is 8.34. The van der Waals surface area contributed by atoms with E-state index in [1.54, 1.807) is 26.5 Å². The molecule has 1 aliphatic carbocycles. The molecule has 0 atom stereocenters. The van der Waals surface area contributed by atoms with Crippen molar-refractivity contribution < 1.29 is 4.79 Å². The van der Waals surface area contributed by atoms with E-state index in [2.05, 4.69) is 46.1 Å². The van der Waals surface area contributed by atoms with Crippen molar-refractivity contribution in [3.8, 4) is 22.6 Å². The molecule has 0 bridgehead atoms. The summed E-state index contributed by atoms with van der Waals surface area (Å²) in [5.41, 5.74) is 4.77. The van der Waals surface area contributed by atoms with Gasteiger partial charge in [-0.25, -0.2) is 4.98 Å². The van der Waals surface area contributed by atoms with Gasteiger partial charge in [0.2, 0.25) is 0 Å². The smallest absolute Gasteiger partial charge is 0.273 e. The maximum atomic E-state index is 12.0. The summed E-state index contributed by atoms with van der Waals surface area (Å²) < 4.78 is 0. The van der Waals surface area contributed by atoms with Crippen molar-refractivity contribution in [2.75, 3.05) is 14.1 Å². The van der Waals surface area contributed by atoms with E-state index in [9.17, 15) is 4.79 Å². The summed E-state index contributed by atoms with van der Waals surface area (Å²) in [6, 6.07) is 12.9. The molecule has 5 heteroatoms. The van der Waals surface area contributed by atoms with Gasteiger partial charge in [-0.1, -0.05) is 44.0 Å². The van der Waals surface area contributed by atoms with E-state index in [0.717, 1.165) is 22.7 Å². The van der Waals surface area contributed by atoms with E-state index in [1.165, 1.54) is 36.1 Å². The first-order valence-corrected chi connectivity index (χ1v) is 10.3. The standard InChI is InChI=1S/C24H28N4O/c1-16-4-6-17(7-5-16)18-8-10-19(11-9-18)21-13-12-20(14-25-21)23-26-15-22(27-23)24(29)28(2)3/h8-17H,4-7H2,1-3H3,(H,26,27)/t16-,17-. The highest BCUT2D eigenvalue weighted by atomic mass is 16.2. The Morgan fingerprint density at radius 3 is 2.31 bits per heavy atom. The minimum atomic E-state index is -0.121. The van der Waals surface area contributed by atoms with E-state index in [0.29, 0.717) is 17.4 Å². The van der Waals surface area contributed by atoms with Crippen molar-refractivity contribution in [3.63, 3.8) is 0 Å². The number of benzene rings is 1. The highest BCUT2D eigenvalue weighted by molar-refractivity contribution is 5.92. The summed E-state index contributed by atoms with van der Waals surface area (Å²) >= 11 is 0. The Balaban J connectivity index is 1.47. The Bertz CT molecular complexity index is 965. The SMILES string of the molecule is CN(C)C(=O)c1c[nH]c(-c2ccc(-c3ccc([C@H]4CC[C@H](C)CC4)cc3)nc2)n1. The summed E-state index contributed by atoms with van der Waals surface area (Å²) in [4.78, 5) is 25.6. The van der Waals surface area contributed by atoms with Crippen LogP contribution in [0.25, 0.3) is 22.6 Å². The Hall–Kier alpha value is -2.95. The highest BCUT2D eigenvalue weighted by Crippen LogP contribution is 2.36. The molecule has 1 amide bonds. The number of aromatic nitrogens is 3. The fraction of sp³-hybridized carbons (Fsp3) is 0.375. The number of aromatic amines is 1. The Morgan fingerprint density at radius 2 is 1.69 bits per heavy atom. The number of hydrogen-bond donors (Lipinski definition) is 1. The Morgan fingerprint density at radius 1 is 1.00 bits per heavy atom. The number of hydrogen-bond acceptors (Lipinski definition) is 3. The minimum absolute atomic E-state index is 0.121. The van der Waals surface area contributed by atoms with E-state index in [4.69, 9.17) is 0 Å². The molecular formula is C24H28N4O. The van der Waals surface area contributed by atoms with Crippen molar-refractivity contribution in [1.82, 2.24) is 19.9 Å². The normalized spacial score (nSPS) is 19.1. The zero-order chi connectivity index (χ0) is 20.4. The van der Waals surface area contributed by atoms with Crippen LogP contribution in [0.2, 0.25) is 0 Å². The number of carbonyl (C=O) groups is 1. The number of amides is 1. The third kappa shape index (κ3) is 4.24. The molecule has 0 radical (unpaired) electrons. The molecule has 0 aliphatic heterocycles. The van der Waals surface area contributed by atoms with Gasteiger partial charge in [-0.3, -0.25) is 9.78 Å². The van der Waals surface area contributed by atoms with E-state index in [1.807, 2.05) is 12.1 Å². The monoisotopic (exact) mass is 388 g/mol. The van der Waals surface area contributed by atoms with Crippen molar-refractivity contribution in [2.24, 2.45) is 5.92 Å². The summed E-state index contributed by atoms with van der Waals surface area (Å²) in [7, 11) is 3.43. The Kier molecular flexibility index (Phi) is 5.47. The predicted octanol–water partition coefficient (Wildman–Crippen LogP) is 5.13. The molecule has 150 valence electrons. The fourth-order valence-electron chi connectivity index (χ4n) is 4.03. The lowest BCUT2D eigenvalue weighted by atomic mass is 9.79. The number of rotatable bonds is 4. The number of H-pyrrole nitrogens is 1. The fourth-order valence-corrected chi connectivity index (χ4v) is 4.03. The van der Waals surface area contributed by atoms with Crippen LogP contribution in [0.3, 0.4) is 0 Å². The van der Waals surface area contributed by atoms with E-state index in [-0.39, 0.29) is 5.91 Å². The third-order valence-corrected chi connectivity index (χ3v) is 5.93. The van der Waals surface area contributed by atoms with Gasteiger partial charge in [-0.05, 0) is 42.4 Å². The molecule has 2 aromatic heterocycles. The predicted molar refractivity (Wildman–Crippen MR) is 116 cm³/mol. The number of nitrogens with one attached hydrogen (secondary N) is 1. The number of nitrogens with zero attached hydrogens (tertiary/aromatic N) is 3. The quantitative estimate of drug-likeness (QED) is 0.673. The van der Waals surface area contributed by atoms with E-state index >= 15 is 0 Å². The molecule has 5 nitrogen and oxygen atoms in total. The van der Waals surface area contributed by atoms with Crippen LogP contribution in [-0.4, -0.2) is 39.9 Å². The molecule has 29 heavy (non-hydrogen) atoms. The van der Waals surface area contributed by atoms with Crippen molar-refractivity contribution >= 4 is 5.91 Å². The molecule has 2 heterocycles. The molecule has 0 saturated heterocycles. The summed E-state index contributed by atoms with van der Waals surface area (Å²) in [5.74, 6) is 2.11. The first-order chi connectivity index (χ1) is 14.0. The summed E-state index contributed by atoms with van der Waals surface area (Å²) in [6.07, 6.45) is 8.71. The maximum Gasteiger partial charge on any atom is 0.273 e. The van der Waals surface area contributed by atoms with Crippen LogP contribution < -0.4 is 0 Å². The summed E-state index contributed by atoms with van der Waals surface area (Å²) in [5, 5.41) is 0. The molecule has 1 fully saturated rings. The topological polar surface area (TPSA) is 61.9 Å². The van der Waals surface area contributed by atoms with Gasteiger partial charge in [0.25, 0.3) is 5.91 Å². The van der Waals surface area contributed by atoms with Gasteiger partial charge in [0, 0.05) is 37.6 Å². The molecule has 3 aromatic rings. The highest BCUT2D eigenvalue weighted by Gasteiger charge is 2.19. The van der Waals surface area contributed by atoms with Crippen molar-refractivity contribution in [2.45, 2.75) is 38.5 Å². The van der Waals surface area contributed by atoms with Gasteiger partial charge < -0.3 is 9.88 Å². The average Bonchev–Trinajstić information content (AvgIpc) is 3.24. The van der Waals surface area contributed by atoms with Crippen LogP contribution in [-0.2, 0) is 0 Å². The van der Waals surface area contributed by atoms with Gasteiger partial charge >= 0.3 is 0 Å². The van der Waals surface area contributed by atoms with Gasteiger partial charge in [0.15, 0.2) is 0 Å². The van der Waals surface area contributed by atoms with Crippen molar-refractivity contribution in [3.05, 3.63) is 60.0 Å². The average molecular weight is 389 g/mol. The van der Waals surface area contributed by atoms with Gasteiger partial charge in [0.1, 0.15) is 11.5 Å². The first-order valence-electron chi connectivity index (χ1n) is 10.3. The zero-order valence-corrected chi connectivity index (χ0v) is 17.4. The van der Waals surface area contributed by atoms with Crippen LogP contribution in [0.4, 0.5) is 0 Å². The molecular weight excluding hydrogens is 360 g/mol. The molecule has 1 saturated carbocycles. The molecule has 1 N–H and O–H groups in total. The van der Waals surface area contributed by atoms with E-state index < -0.39 is 0 Å². The molecule has 0 unspecified atom stereocenters. The van der Waals surface area contributed by atoms with Gasteiger partial charge in [-0.15, -0.1) is 0 Å². The number of pyridine rings is 1. The van der Waals surface area contributed by atoms with Crippen LogP contribution >= 0.6 is 0 Å². The zero-order valence-electron chi connectivity index (χ0n) is 17.4. The summed E-state index contributed by atoms with van der Waals surface area (Å²) in [6.45, 7) is 2.36. The van der Waals surface area contributed by atoms with Crippen molar-refractivity contribution in [1.29, 1.82) is 0 Å². The maximum absolute atomic E-state index is 12.0. The van der Waals surface area contributed by atoms with Crippen LogP contribution in [0.1, 0.15) is 54.6 Å². The molecule has 0 spiro atoms.